The standard InChI is InChI=1S/C14H19N3O2S/c1-18-8-10(15)13-16-14(19-17-13)12-7-9-5-3-2-4-6-11(9)20-12/h7,10H,2-6,8,15H2,1H3. The maximum Gasteiger partial charge on any atom is 0.268 e. The van der Waals surface area contributed by atoms with Crippen molar-refractivity contribution < 1.29 is 9.26 Å². The van der Waals surface area contributed by atoms with Crippen LogP contribution in [0.5, 0.6) is 0 Å². The molecule has 1 aliphatic rings. The highest BCUT2D eigenvalue weighted by molar-refractivity contribution is 7.15. The Labute approximate surface area is 122 Å². The van der Waals surface area contributed by atoms with E-state index in [1.807, 2.05) is 0 Å². The number of thiophene rings is 1. The minimum absolute atomic E-state index is 0.338. The van der Waals surface area contributed by atoms with Gasteiger partial charge < -0.3 is 15.0 Å². The lowest BCUT2D eigenvalue weighted by atomic mass is 10.1. The first kappa shape index (κ1) is 13.7. The molecule has 0 amide bonds. The van der Waals surface area contributed by atoms with E-state index in [-0.39, 0.29) is 6.04 Å². The van der Waals surface area contributed by atoms with Gasteiger partial charge in [-0.1, -0.05) is 11.6 Å². The lowest BCUT2D eigenvalue weighted by Crippen LogP contribution is -2.17. The number of rotatable bonds is 4. The fraction of sp³-hybridized carbons (Fsp3) is 0.571. The maximum atomic E-state index is 5.91. The largest absolute Gasteiger partial charge is 0.383 e. The summed E-state index contributed by atoms with van der Waals surface area (Å²) in [6, 6.07) is 1.86. The van der Waals surface area contributed by atoms with E-state index in [0.717, 1.165) is 11.3 Å². The van der Waals surface area contributed by atoms with Crippen LogP contribution in [0.2, 0.25) is 0 Å². The van der Waals surface area contributed by atoms with Crippen LogP contribution in [0.15, 0.2) is 10.6 Å². The third-order valence-corrected chi connectivity index (χ3v) is 4.80. The van der Waals surface area contributed by atoms with Crippen LogP contribution < -0.4 is 5.73 Å². The maximum absolute atomic E-state index is 5.91. The molecule has 2 aromatic rings. The van der Waals surface area contributed by atoms with Crippen molar-refractivity contribution >= 4 is 11.3 Å². The van der Waals surface area contributed by atoms with Crippen molar-refractivity contribution in [3.05, 3.63) is 22.3 Å². The van der Waals surface area contributed by atoms with E-state index in [4.69, 9.17) is 15.0 Å². The molecule has 0 saturated heterocycles. The molecule has 6 heteroatoms. The lowest BCUT2D eigenvalue weighted by Gasteiger charge is -2.02. The molecule has 0 aliphatic heterocycles. The van der Waals surface area contributed by atoms with E-state index in [1.165, 1.54) is 36.1 Å². The molecule has 0 fully saturated rings. The molecule has 1 unspecified atom stereocenters. The van der Waals surface area contributed by atoms with Crippen LogP contribution in [0.1, 0.15) is 41.6 Å². The summed E-state index contributed by atoms with van der Waals surface area (Å²) in [5.41, 5.74) is 7.36. The molecule has 108 valence electrons. The number of nitrogens with two attached hydrogens (primary N) is 1. The summed E-state index contributed by atoms with van der Waals surface area (Å²) in [5.74, 6) is 1.08. The van der Waals surface area contributed by atoms with E-state index in [9.17, 15) is 0 Å². The fourth-order valence-corrected chi connectivity index (χ4v) is 3.69. The highest BCUT2D eigenvalue weighted by atomic mass is 32.1. The number of aryl methyl sites for hydroxylation is 2. The molecule has 0 aromatic carbocycles. The number of hydrogen-bond acceptors (Lipinski definition) is 6. The van der Waals surface area contributed by atoms with Gasteiger partial charge in [-0.15, -0.1) is 11.3 Å². The Kier molecular flexibility index (Phi) is 4.14. The molecule has 0 saturated carbocycles. The molecule has 1 atom stereocenters. The van der Waals surface area contributed by atoms with E-state index in [1.54, 1.807) is 18.4 Å². The van der Waals surface area contributed by atoms with Crippen molar-refractivity contribution in [2.45, 2.75) is 38.1 Å². The Morgan fingerprint density at radius 1 is 1.40 bits per heavy atom. The molecule has 0 spiro atoms. The Morgan fingerprint density at radius 2 is 2.25 bits per heavy atom. The Bertz CT molecular complexity index is 555. The van der Waals surface area contributed by atoms with Crippen molar-refractivity contribution in [1.29, 1.82) is 0 Å². The second-order valence-corrected chi connectivity index (χ2v) is 6.28. The molecule has 5 nitrogen and oxygen atoms in total. The van der Waals surface area contributed by atoms with Gasteiger partial charge in [-0.25, -0.2) is 0 Å². The van der Waals surface area contributed by atoms with Crippen molar-refractivity contribution in [1.82, 2.24) is 10.1 Å². The molecule has 0 bridgehead atoms. The summed E-state index contributed by atoms with van der Waals surface area (Å²) in [4.78, 5) is 6.92. The average molecular weight is 293 g/mol. The summed E-state index contributed by atoms with van der Waals surface area (Å²) in [6.45, 7) is 0.389. The molecule has 20 heavy (non-hydrogen) atoms. The van der Waals surface area contributed by atoms with Crippen molar-refractivity contribution in [3.8, 4) is 10.8 Å². The first-order chi connectivity index (χ1) is 9.78. The van der Waals surface area contributed by atoms with Crippen LogP contribution in [0.25, 0.3) is 10.8 Å². The highest BCUT2D eigenvalue weighted by Gasteiger charge is 2.19. The quantitative estimate of drug-likeness (QED) is 0.877. The summed E-state index contributed by atoms with van der Waals surface area (Å²) >= 11 is 1.77. The van der Waals surface area contributed by atoms with Crippen molar-refractivity contribution in [2.75, 3.05) is 13.7 Å². The zero-order valence-electron chi connectivity index (χ0n) is 11.6. The van der Waals surface area contributed by atoms with E-state index in [0.29, 0.717) is 18.3 Å². The molecule has 2 N–H and O–H groups in total. The highest BCUT2D eigenvalue weighted by Crippen LogP contribution is 2.34. The predicted molar refractivity (Wildman–Crippen MR) is 77.7 cm³/mol. The van der Waals surface area contributed by atoms with Gasteiger partial charge in [0.25, 0.3) is 5.89 Å². The molecule has 1 aliphatic carbocycles. The third-order valence-electron chi connectivity index (χ3n) is 3.58. The fourth-order valence-electron chi connectivity index (χ4n) is 2.51. The SMILES string of the molecule is COCC(N)c1noc(-c2cc3c(s2)CCCCC3)n1. The predicted octanol–water partition coefficient (Wildman–Crippen LogP) is 2.71. The van der Waals surface area contributed by atoms with Crippen LogP contribution in [-0.4, -0.2) is 23.9 Å². The van der Waals surface area contributed by atoms with Crippen LogP contribution in [-0.2, 0) is 17.6 Å². The minimum atomic E-state index is -0.338. The number of nitrogens with zero attached hydrogens (tertiary/aromatic N) is 2. The zero-order chi connectivity index (χ0) is 13.9. The van der Waals surface area contributed by atoms with Crippen molar-refractivity contribution in [2.24, 2.45) is 5.73 Å². The topological polar surface area (TPSA) is 74.2 Å². The Morgan fingerprint density at radius 3 is 3.10 bits per heavy atom. The third kappa shape index (κ3) is 2.77. The first-order valence-electron chi connectivity index (χ1n) is 6.98. The summed E-state index contributed by atoms with van der Waals surface area (Å²) in [6.07, 6.45) is 6.21. The summed E-state index contributed by atoms with van der Waals surface area (Å²) in [5, 5.41) is 3.95. The van der Waals surface area contributed by atoms with Gasteiger partial charge in [-0.05, 0) is 37.3 Å². The molecule has 3 rings (SSSR count). The van der Waals surface area contributed by atoms with Gasteiger partial charge in [0.15, 0.2) is 5.82 Å². The van der Waals surface area contributed by atoms with E-state index < -0.39 is 0 Å². The molecular formula is C14H19N3O2S. The second-order valence-electron chi connectivity index (χ2n) is 5.14. The van der Waals surface area contributed by atoms with E-state index >= 15 is 0 Å². The van der Waals surface area contributed by atoms with Gasteiger partial charge in [0.2, 0.25) is 0 Å². The summed E-state index contributed by atoms with van der Waals surface area (Å²) < 4.78 is 10.4. The second kappa shape index (κ2) is 6.03. The van der Waals surface area contributed by atoms with Gasteiger partial charge in [0, 0.05) is 12.0 Å². The lowest BCUT2D eigenvalue weighted by molar-refractivity contribution is 0.177. The van der Waals surface area contributed by atoms with Crippen LogP contribution >= 0.6 is 11.3 Å². The van der Waals surface area contributed by atoms with Gasteiger partial charge in [0.05, 0.1) is 17.5 Å². The van der Waals surface area contributed by atoms with Crippen molar-refractivity contribution in [3.63, 3.8) is 0 Å². The first-order valence-corrected chi connectivity index (χ1v) is 7.79. The smallest absolute Gasteiger partial charge is 0.268 e. The normalized spacial score (nSPS) is 16.7. The van der Waals surface area contributed by atoms with Gasteiger partial charge in [-0.2, -0.15) is 4.98 Å². The molecular weight excluding hydrogens is 274 g/mol. The average Bonchev–Trinajstić information content (AvgIpc) is 3.02. The zero-order valence-corrected chi connectivity index (χ0v) is 12.4. The molecule has 2 heterocycles. The number of aromatic nitrogens is 2. The molecule has 0 radical (unpaired) electrons. The Balaban J connectivity index is 1.83. The van der Waals surface area contributed by atoms with Crippen LogP contribution in [0, 0.1) is 0 Å². The summed E-state index contributed by atoms with van der Waals surface area (Å²) in [7, 11) is 1.61. The number of ether oxygens (including phenoxy) is 1. The van der Waals surface area contributed by atoms with Gasteiger partial charge in [0.1, 0.15) is 0 Å². The van der Waals surface area contributed by atoms with Crippen LogP contribution in [0.4, 0.5) is 0 Å². The molecule has 2 aromatic heterocycles. The number of fused-ring (bicyclic) bond motifs is 1. The number of hydrogen-bond donors (Lipinski definition) is 1. The minimum Gasteiger partial charge on any atom is -0.383 e. The van der Waals surface area contributed by atoms with Gasteiger partial charge >= 0.3 is 0 Å². The number of methoxy groups -OCH3 is 1. The monoisotopic (exact) mass is 293 g/mol. The van der Waals surface area contributed by atoms with Gasteiger partial charge in [-0.3, -0.25) is 0 Å². The van der Waals surface area contributed by atoms with Crippen LogP contribution in [0.3, 0.4) is 0 Å². The Hall–Kier alpha value is -1.24. The van der Waals surface area contributed by atoms with E-state index in [2.05, 4.69) is 16.2 Å².